The number of nitrogens with one attached hydrogen (secondary N) is 1. The minimum Gasteiger partial charge on any atom is -0.363 e. The van der Waals surface area contributed by atoms with Gasteiger partial charge in [-0.1, -0.05) is 6.92 Å². The normalized spacial score (nSPS) is 13.4. The Kier molecular flexibility index (Phi) is 4.24. The van der Waals surface area contributed by atoms with E-state index in [1.807, 2.05) is 17.8 Å². The summed E-state index contributed by atoms with van der Waals surface area (Å²) in [5, 5.41) is 10.8. The number of aromatic nitrogens is 4. The Morgan fingerprint density at radius 1 is 1.33 bits per heavy atom. The maximum atomic E-state index is 12.6. The minimum atomic E-state index is -4.42. The molecule has 0 fully saturated rings. The largest absolute Gasteiger partial charge is 0.435 e. The lowest BCUT2D eigenvalue weighted by molar-refractivity contribution is -0.141. The molecule has 8 heteroatoms. The molecule has 2 aromatic heterocycles. The van der Waals surface area contributed by atoms with Crippen LogP contribution in [0.25, 0.3) is 0 Å². The van der Waals surface area contributed by atoms with Crippen molar-refractivity contribution in [2.45, 2.75) is 39.0 Å². The highest BCUT2D eigenvalue weighted by Crippen LogP contribution is 2.28. The second-order valence-electron chi connectivity index (χ2n) is 4.93. The molecule has 5 nitrogen and oxygen atoms in total. The Morgan fingerprint density at radius 2 is 2.05 bits per heavy atom. The molecule has 0 aromatic carbocycles. The summed E-state index contributed by atoms with van der Waals surface area (Å²) in [5.41, 5.74) is -0.438. The first-order chi connectivity index (χ1) is 9.81. The van der Waals surface area contributed by atoms with E-state index in [1.54, 1.807) is 6.07 Å². The third-order valence-electron chi connectivity index (χ3n) is 3.37. The van der Waals surface area contributed by atoms with Gasteiger partial charge in [-0.2, -0.15) is 23.4 Å². The molecule has 2 rings (SSSR count). The highest BCUT2D eigenvalue weighted by Gasteiger charge is 2.34. The molecule has 0 saturated heterocycles. The zero-order valence-corrected chi connectivity index (χ0v) is 12.1. The predicted octanol–water partition coefficient (Wildman–Crippen LogP) is 3.22. The molecular formula is C13H18F3N5. The van der Waals surface area contributed by atoms with E-state index in [1.165, 1.54) is 11.7 Å². The maximum Gasteiger partial charge on any atom is 0.435 e. The smallest absolute Gasteiger partial charge is 0.363 e. The van der Waals surface area contributed by atoms with Crippen LogP contribution in [0.4, 0.5) is 19.0 Å². The summed E-state index contributed by atoms with van der Waals surface area (Å²) >= 11 is 0. The van der Waals surface area contributed by atoms with E-state index in [4.69, 9.17) is 0 Å². The van der Waals surface area contributed by atoms with Crippen LogP contribution >= 0.6 is 0 Å². The van der Waals surface area contributed by atoms with E-state index in [2.05, 4.69) is 22.4 Å². The van der Waals surface area contributed by atoms with Crippen molar-refractivity contribution in [1.29, 1.82) is 0 Å². The number of hydrogen-bond acceptors (Lipinski definition) is 3. The van der Waals surface area contributed by atoms with Crippen molar-refractivity contribution in [3.05, 3.63) is 29.7 Å². The van der Waals surface area contributed by atoms with Gasteiger partial charge >= 0.3 is 6.18 Å². The average Bonchev–Trinajstić information content (AvgIpc) is 3.01. The lowest BCUT2D eigenvalue weighted by Gasteiger charge is -2.08. The van der Waals surface area contributed by atoms with Crippen molar-refractivity contribution >= 4 is 5.82 Å². The molecule has 0 aliphatic rings. The number of alkyl halides is 3. The van der Waals surface area contributed by atoms with Gasteiger partial charge in [0.25, 0.3) is 0 Å². The molecule has 0 bridgehead atoms. The number of rotatable bonds is 5. The molecule has 0 spiro atoms. The summed E-state index contributed by atoms with van der Waals surface area (Å²) in [6, 6.07) is 3.13. The molecule has 1 N–H and O–H groups in total. The molecule has 0 unspecified atom stereocenters. The Bertz CT molecular complexity index is 599. The van der Waals surface area contributed by atoms with E-state index in [-0.39, 0.29) is 12.6 Å². The van der Waals surface area contributed by atoms with Crippen LogP contribution in [0.3, 0.4) is 0 Å². The number of nitrogens with zero attached hydrogens (tertiary/aromatic N) is 4. The number of anilines is 1. The summed E-state index contributed by atoms with van der Waals surface area (Å²) in [7, 11) is 1.49. The van der Waals surface area contributed by atoms with Crippen LogP contribution in [0, 0.1) is 0 Å². The predicted molar refractivity (Wildman–Crippen MR) is 72.8 cm³/mol. The van der Waals surface area contributed by atoms with E-state index in [9.17, 15) is 13.2 Å². The Labute approximate surface area is 120 Å². The second-order valence-corrected chi connectivity index (χ2v) is 4.93. The fourth-order valence-corrected chi connectivity index (χ4v) is 1.86. The van der Waals surface area contributed by atoms with Crippen molar-refractivity contribution < 1.29 is 13.2 Å². The van der Waals surface area contributed by atoms with Crippen molar-refractivity contribution in [3.63, 3.8) is 0 Å². The SMILES string of the molecule is CC[C@@H](C)n1ccc(NCc2cc(C(F)(F)F)nn2C)n1. The van der Waals surface area contributed by atoms with Crippen LogP contribution in [0.1, 0.15) is 37.7 Å². The third kappa shape index (κ3) is 3.56. The molecule has 2 aromatic rings. The lowest BCUT2D eigenvalue weighted by Crippen LogP contribution is -2.08. The molecule has 0 radical (unpaired) electrons. The minimum absolute atomic E-state index is 0.233. The Hall–Kier alpha value is -1.99. The van der Waals surface area contributed by atoms with E-state index in [0.717, 1.165) is 12.5 Å². The lowest BCUT2D eigenvalue weighted by atomic mass is 10.3. The van der Waals surface area contributed by atoms with Crippen molar-refractivity contribution in [2.24, 2.45) is 7.05 Å². The molecular weight excluding hydrogens is 283 g/mol. The number of hydrogen-bond donors (Lipinski definition) is 1. The van der Waals surface area contributed by atoms with Gasteiger partial charge in [0.2, 0.25) is 0 Å². The molecule has 0 amide bonds. The zero-order chi connectivity index (χ0) is 15.6. The molecule has 0 saturated carbocycles. The molecule has 116 valence electrons. The molecule has 2 heterocycles. The van der Waals surface area contributed by atoms with Gasteiger partial charge in [-0.25, -0.2) is 0 Å². The first-order valence-corrected chi connectivity index (χ1v) is 6.70. The van der Waals surface area contributed by atoms with Gasteiger partial charge in [0.05, 0.1) is 12.2 Å². The van der Waals surface area contributed by atoms with Gasteiger partial charge in [-0.05, 0) is 19.4 Å². The quantitative estimate of drug-likeness (QED) is 0.922. The zero-order valence-electron chi connectivity index (χ0n) is 12.1. The summed E-state index contributed by atoms with van der Waals surface area (Å²) in [6.07, 6.45) is -1.62. The molecule has 1 atom stereocenters. The van der Waals surface area contributed by atoms with Crippen LogP contribution in [-0.2, 0) is 19.8 Å². The summed E-state index contributed by atoms with van der Waals surface area (Å²) in [4.78, 5) is 0. The first kappa shape index (κ1) is 15.4. The highest BCUT2D eigenvalue weighted by atomic mass is 19.4. The first-order valence-electron chi connectivity index (χ1n) is 6.70. The van der Waals surface area contributed by atoms with Gasteiger partial charge in [-0.15, -0.1) is 0 Å². The highest BCUT2D eigenvalue weighted by molar-refractivity contribution is 5.33. The van der Waals surface area contributed by atoms with Gasteiger partial charge < -0.3 is 5.32 Å². The van der Waals surface area contributed by atoms with Gasteiger partial charge in [0.15, 0.2) is 5.69 Å². The van der Waals surface area contributed by atoms with E-state index >= 15 is 0 Å². The number of halogens is 3. The third-order valence-corrected chi connectivity index (χ3v) is 3.37. The summed E-state index contributed by atoms with van der Waals surface area (Å²) < 4.78 is 40.7. The molecule has 0 aliphatic heterocycles. The molecule has 0 aliphatic carbocycles. The average molecular weight is 301 g/mol. The standard InChI is InChI=1S/C13H18F3N5/c1-4-9(2)21-6-5-12(19-21)17-8-10-7-11(13(14,15)16)18-20(10)3/h5-7,9H,4,8H2,1-3H3,(H,17,19)/t9-/m1/s1. The van der Waals surface area contributed by atoms with Gasteiger partial charge in [-0.3, -0.25) is 9.36 Å². The van der Waals surface area contributed by atoms with E-state index < -0.39 is 11.9 Å². The van der Waals surface area contributed by atoms with E-state index in [0.29, 0.717) is 11.5 Å². The van der Waals surface area contributed by atoms with Crippen LogP contribution in [-0.4, -0.2) is 19.6 Å². The Morgan fingerprint density at radius 3 is 2.62 bits per heavy atom. The topological polar surface area (TPSA) is 47.7 Å². The monoisotopic (exact) mass is 301 g/mol. The van der Waals surface area contributed by atoms with Crippen molar-refractivity contribution in [1.82, 2.24) is 19.6 Å². The summed E-state index contributed by atoms with van der Waals surface area (Å²) in [5.74, 6) is 0.630. The fraction of sp³-hybridized carbons (Fsp3) is 0.538. The number of aryl methyl sites for hydroxylation is 1. The Balaban J connectivity index is 2.03. The van der Waals surface area contributed by atoms with Gasteiger partial charge in [0, 0.05) is 25.4 Å². The summed E-state index contributed by atoms with van der Waals surface area (Å²) in [6.45, 7) is 4.35. The van der Waals surface area contributed by atoms with Crippen molar-refractivity contribution in [2.75, 3.05) is 5.32 Å². The van der Waals surface area contributed by atoms with Crippen LogP contribution < -0.4 is 5.32 Å². The maximum absolute atomic E-state index is 12.6. The van der Waals surface area contributed by atoms with Crippen LogP contribution in [0.5, 0.6) is 0 Å². The van der Waals surface area contributed by atoms with Crippen molar-refractivity contribution in [3.8, 4) is 0 Å². The fourth-order valence-electron chi connectivity index (χ4n) is 1.86. The molecule has 21 heavy (non-hydrogen) atoms. The second kappa shape index (κ2) is 5.79. The van der Waals surface area contributed by atoms with Crippen LogP contribution in [0.15, 0.2) is 18.3 Å². The van der Waals surface area contributed by atoms with Gasteiger partial charge in [0.1, 0.15) is 5.82 Å². The van der Waals surface area contributed by atoms with Crippen LogP contribution in [0.2, 0.25) is 0 Å².